The van der Waals surface area contributed by atoms with Gasteiger partial charge in [0.2, 0.25) is 0 Å². The number of nitriles is 1. The molecule has 1 aromatic heterocycles. The van der Waals surface area contributed by atoms with Crippen LogP contribution in [0.5, 0.6) is 0 Å². The second kappa shape index (κ2) is 7.51. The molecule has 0 radical (unpaired) electrons. The minimum absolute atomic E-state index is 0.0948. The van der Waals surface area contributed by atoms with Gasteiger partial charge in [-0.05, 0) is 13.0 Å². The van der Waals surface area contributed by atoms with Crippen molar-refractivity contribution >= 4 is 23.4 Å². The maximum absolute atomic E-state index is 12.4. The van der Waals surface area contributed by atoms with Crippen LogP contribution in [0.2, 0.25) is 5.02 Å². The molecular weight excluding hydrogens is 325 g/mol. The van der Waals surface area contributed by atoms with Crippen molar-refractivity contribution in [2.75, 3.05) is 12.0 Å². The molecule has 0 aliphatic carbocycles. The number of aromatic nitrogens is 1. The van der Waals surface area contributed by atoms with Crippen LogP contribution in [-0.2, 0) is 15.7 Å². The fourth-order valence-electron chi connectivity index (χ4n) is 1.21. The fourth-order valence-corrected chi connectivity index (χ4v) is 1.42. The molecular formula is C12H10ClF3N4O2. The number of halogens is 4. The molecule has 0 spiro atoms. The van der Waals surface area contributed by atoms with Crippen LogP contribution < -0.4 is 10.9 Å². The standard InChI is InChI=1S/C12H10ClF3N4O2/c1-2-22-11(21)7(4-17)5-19-20-10-9(13)3-8(6-18-10)12(14,15)16/h3,5-6,19H,2H2,1H3,(H,18,20)/b7-5+. The van der Waals surface area contributed by atoms with Gasteiger partial charge in [-0.1, -0.05) is 11.6 Å². The predicted octanol–water partition coefficient (Wildman–Crippen LogP) is 2.64. The second-order valence-corrected chi connectivity index (χ2v) is 4.12. The average Bonchev–Trinajstić information content (AvgIpc) is 2.44. The number of hydrazine groups is 1. The van der Waals surface area contributed by atoms with Gasteiger partial charge < -0.3 is 10.2 Å². The summed E-state index contributed by atoms with van der Waals surface area (Å²) in [6.45, 7) is 1.67. The number of pyridine rings is 1. The van der Waals surface area contributed by atoms with Crippen molar-refractivity contribution < 1.29 is 22.7 Å². The zero-order valence-electron chi connectivity index (χ0n) is 11.2. The number of hydrogen-bond donors (Lipinski definition) is 2. The van der Waals surface area contributed by atoms with Crippen LogP contribution in [0.3, 0.4) is 0 Å². The molecule has 0 aliphatic rings. The monoisotopic (exact) mass is 334 g/mol. The number of hydrogen-bond acceptors (Lipinski definition) is 6. The van der Waals surface area contributed by atoms with Crippen molar-refractivity contribution in [3.63, 3.8) is 0 Å². The predicted molar refractivity (Wildman–Crippen MR) is 71.3 cm³/mol. The van der Waals surface area contributed by atoms with Gasteiger partial charge >= 0.3 is 12.1 Å². The number of nitrogens with zero attached hydrogens (tertiary/aromatic N) is 2. The molecule has 0 saturated heterocycles. The Morgan fingerprint density at radius 2 is 2.27 bits per heavy atom. The number of ether oxygens (including phenoxy) is 1. The summed E-state index contributed by atoms with van der Waals surface area (Å²) in [5, 5.41) is 8.46. The number of carbonyl (C=O) groups excluding carboxylic acids is 1. The molecule has 10 heteroatoms. The number of rotatable bonds is 5. The van der Waals surface area contributed by atoms with E-state index < -0.39 is 17.7 Å². The summed E-state index contributed by atoms with van der Waals surface area (Å²) in [5.41, 5.74) is 3.35. The Morgan fingerprint density at radius 3 is 2.77 bits per heavy atom. The van der Waals surface area contributed by atoms with E-state index in [4.69, 9.17) is 16.9 Å². The summed E-state index contributed by atoms with van der Waals surface area (Å²) >= 11 is 5.65. The van der Waals surface area contributed by atoms with E-state index in [2.05, 4.69) is 20.6 Å². The number of esters is 1. The van der Waals surface area contributed by atoms with E-state index in [0.29, 0.717) is 12.3 Å². The summed E-state index contributed by atoms with van der Waals surface area (Å²) in [6, 6.07) is 2.29. The normalized spacial score (nSPS) is 11.5. The largest absolute Gasteiger partial charge is 0.462 e. The quantitative estimate of drug-likeness (QED) is 0.372. The molecule has 0 unspecified atom stereocenters. The SMILES string of the molecule is CCOC(=O)/C(C#N)=C/NNc1ncc(C(F)(F)F)cc1Cl. The average molecular weight is 335 g/mol. The summed E-state index contributed by atoms with van der Waals surface area (Å²) in [4.78, 5) is 14.8. The van der Waals surface area contributed by atoms with E-state index in [1.54, 1.807) is 13.0 Å². The fraction of sp³-hybridized carbons (Fsp3) is 0.250. The van der Waals surface area contributed by atoms with Gasteiger partial charge in [0.15, 0.2) is 11.4 Å². The van der Waals surface area contributed by atoms with Crippen LogP contribution in [0.25, 0.3) is 0 Å². The first-order valence-corrected chi connectivity index (χ1v) is 6.19. The van der Waals surface area contributed by atoms with Gasteiger partial charge in [0.05, 0.1) is 17.2 Å². The number of carbonyl (C=O) groups is 1. The minimum atomic E-state index is -4.56. The molecule has 2 N–H and O–H groups in total. The molecule has 0 saturated carbocycles. The molecule has 118 valence electrons. The second-order valence-electron chi connectivity index (χ2n) is 3.71. The smallest absolute Gasteiger partial charge is 0.417 e. The maximum Gasteiger partial charge on any atom is 0.417 e. The van der Waals surface area contributed by atoms with Crippen molar-refractivity contribution in [2.24, 2.45) is 0 Å². The number of anilines is 1. The molecule has 22 heavy (non-hydrogen) atoms. The summed E-state index contributed by atoms with van der Waals surface area (Å²) < 4.78 is 41.9. The Balaban J connectivity index is 2.77. The van der Waals surface area contributed by atoms with Crippen LogP contribution in [0.15, 0.2) is 24.0 Å². The van der Waals surface area contributed by atoms with Gasteiger partial charge in [-0.3, -0.25) is 5.43 Å². The van der Waals surface area contributed by atoms with Crippen molar-refractivity contribution in [1.29, 1.82) is 5.26 Å². The first-order chi connectivity index (χ1) is 10.3. The first-order valence-electron chi connectivity index (χ1n) is 5.81. The summed E-state index contributed by atoms with van der Waals surface area (Å²) in [6.07, 6.45) is -2.98. The van der Waals surface area contributed by atoms with E-state index in [0.717, 1.165) is 6.20 Å². The highest BCUT2D eigenvalue weighted by molar-refractivity contribution is 6.32. The van der Waals surface area contributed by atoms with Crippen LogP contribution in [0.1, 0.15) is 12.5 Å². The lowest BCUT2D eigenvalue weighted by molar-refractivity contribution is -0.138. The van der Waals surface area contributed by atoms with E-state index in [-0.39, 0.29) is 23.0 Å². The van der Waals surface area contributed by atoms with Gasteiger partial charge in [-0.2, -0.15) is 18.4 Å². The van der Waals surface area contributed by atoms with Crippen LogP contribution in [-0.4, -0.2) is 17.6 Å². The highest BCUT2D eigenvalue weighted by Gasteiger charge is 2.31. The van der Waals surface area contributed by atoms with Gasteiger partial charge in [-0.15, -0.1) is 0 Å². The third-order valence-electron chi connectivity index (χ3n) is 2.19. The molecule has 1 rings (SSSR count). The molecule has 0 aromatic carbocycles. The molecule has 0 aliphatic heterocycles. The van der Waals surface area contributed by atoms with Crippen molar-refractivity contribution in [2.45, 2.75) is 13.1 Å². The van der Waals surface area contributed by atoms with Crippen molar-refractivity contribution in [1.82, 2.24) is 10.4 Å². The lowest BCUT2D eigenvalue weighted by atomic mass is 10.3. The Labute approximate surface area is 128 Å². The Kier molecular flexibility index (Phi) is 6.00. The topological polar surface area (TPSA) is 87.0 Å². The lowest BCUT2D eigenvalue weighted by Crippen LogP contribution is -2.19. The van der Waals surface area contributed by atoms with Gasteiger partial charge in [0.25, 0.3) is 0 Å². The molecule has 0 atom stereocenters. The maximum atomic E-state index is 12.4. The third kappa shape index (κ3) is 4.82. The van der Waals surface area contributed by atoms with Gasteiger partial charge in [-0.25, -0.2) is 9.78 Å². The minimum Gasteiger partial charge on any atom is -0.462 e. The van der Waals surface area contributed by atoms with E-state index in [1.807, 2.05) is 0 Å². The van der Waals surface area contributed by atoms with Gasteiger partial charge in [0, 0.05) is 12.4 Å². The highest BCUT2D eigenvalue weighted by atomic mass is 35.5. The highest BCUT2D eigenvalue weighted by Crippen LogP contribution is 2.32. The van der Waals surface area contributed by atoms with Crippen molar-refractivity contribution in [3.05, 3.63) is 34.6 Å². The molecule has 1 aromatic rings. The Morgan fingerprint density at radius 1 is 1.59 bits per heavy atom. The Bertz CT molecular complexity index is 626. The van der Waals surface area contributed by atoms with Crippen LogP contribution >= 0.6 is 11.6 Å². The van der Waals surface area contributed by atoms with Crippen molar-refractivity contribution in [3.8, 4) is 6.07 Å². The molecule has 1 heterocycles. The van der Waals surface area contributed by atoms with E-state index >= 15 is 0 Å². The van der Waals surface area contributed by atoms with Crippen LogP contribution in [0.4, 0.5) is 19.0 Å². The molecule has 0 fully saturated rings. The summed E-state index contributed by atoms with van der Waals surface area (Å²) in [5.74, 6) is -0.946. The Hall–Kier alpha value is -2.47. The first kappa shape index (κ1) is 17.6. The third-order valence-corrected chi connectivity index (χ3v) is 2.48. The zero-order chi connectivity index (χ0) is 16.8. The van der Waals surface area contributed by atoms with E-state index in [9.17, 15) is 18.0 Å². The molecule has 0 bridgehead atoms. The molecule has 6 nitrogen and oxygen atoms in total. The lowest BCUT2D eigenvalue weighted by Gasteiger charge is -2.10. The van der Waals surface area contributed by atoms with E-state index in [1.165, 1.54) is 0 Å². The number of alkyl halides is 3. The number of nitrogens with one attached hydrogen (secondary N) is 2. The van der Waals surface area contributed by atoms with Gasteiger partial charge in [0.1, 0.15) is 6.07 Å². The molecule has 0 amide bonds. The zero-order valence-corrected chi connectivity index (χ0v) is 11.9. The summed E-state index contributed by atoms with van der Waals surface area (Å²) in [7, 11) is 0. The van der Waals surface area contributed by atoms with Crippen LogP contribution in [0, 0.1) is 11.3 Å².